The number of carboxylic acids is 1. The van der Waals surface area contributed by atoms with Crippen molar-refractivity contribution in [3.05, 3.63) is 29.8 Å². The fourth-order valence-corrected chi connectivity index (χ4v) is 5.19. The number of sulfonamides is 1. The highest BCUT2D eigenvalue weighted by atomic mass is 32.2. The first kappa shape index (κ1) is 21.4. The Morgan fingerprint density at radius 1 is 1.15 bits per heavy atom. The van der Waals surface area contributed by atoms with Gasteiger partial charge >= 0.3 is 5.97 Å². The van der Waals surface area contributed by atoms with Gasteiger partial charge < -0.3 is 10.0 Å². The maximum absolute atomic E-state index is 12.9. The Kier molecular flexibility index (Phi) is 7.00. The van der Waals surface area contributed by atoms with E-state index in [0.717, 1.165) is 6.42 Å². The zero-order chi connectivity index (χ0) is 20.2. The van der Waals surface area contributed by atoms with Crippen LogP contribution in [-0.4, -0.2) is 61.3 Å². The molecule has 27 heavy (non-hydrogen) atoms. The first-order valence-corrected chi connectivity index (χ1v) is 10.6. The van der Waals surface area contributed by atoms with Crippen molar-refractivity contribution >= 4 is 21.9 Å². The van der Waals surface area contributed by atoms with Gasteiger partial charge in [0.1, 0.15) is 0 Å². The normalized spacial score (nSPS) is 21.0. The summed E-state index contributed by atoms with van der Waals surface area (Å²) in [5, 5.41) is 8.66. The van der Waals surface area contributed by atoms with Crippen LogP contribution in [0.2, 0.25) is 0 Å². The monoisotopic (exact) mass is 396 g/mol. The molecule has 2 atom stereocenters. The molecule has 7 nitrogen and oxygen atoms in total. The fraction of sp³-hybridized carbons (Fsp3) is 0.579. The van der Waals surface area contributed by atoms with Crippen molar-refractivity contribution in [1.29, 1.82) is 0 Å². The maximum atomic E-state index is 12.9. The quantitative estimate of drug-likeness (QED) is 0.763. The number of carbonyl (C=O) groups excluding carboxylic acids is 1. The minimum atomic E-state index is -3.57. The highest BCUT2D eigenvalue weighted by Crippen LogP contribution is 2.26. The van der Waals surface area contributed by atoms with Crippen LogP contribution in [0.5, 0.6) is 0 Å². The van der Waals surface area contributed by atoms with Crippen molar-refractivity contribution in [2.75, 3.05) is 26.7 Å². The predicted molar refractivity (Wildman–Crippen MR) is 102 cm³/mol. The van der Waals surface area contributed by atoms with Crippen LogP contribution in [0.15, 0.2) is 29.2 Å². The van der Waals surface area contributed by atoms with Gasteiger partial charge in [-0.25, -0.2) is 8.42 Å². The van der Waals surface area contributed by atoms with Crippen LogP contribution in [0.25, 0.3) is 0 Å². The number of piperidine rings is 1. The highest BCUT2D eigenvalue weighted by molar-refractivity contribution is 7.89. The van der Waals surface area contributed by atoms with Gasteiger partial charge in [-0.05, 0) is 48.9 Å². The molecule has 1 heterocycles. The number of hydrogen-bond donors (Lipinski definition) is 1. The van der Waals surface area contributed by atoms with E-state index in [2.05, 4.69) is 13.8 Å². The average Bonchev–Trinajstić information content (AvgIpc) is 2.60. The second-order valence-corrected chi connectivity index (χ2v) is 9.45. The third-order valence-corrected chi connectivity index (χ3v) is 6.65. The molecular weight excluding hydrogens is 368 g/mol. The Bertz CT molecular complexity index is 766. The Hall–Kier alpha value is -1.93. The first-order chi connectivity index (χ1) is 12.6. The number of rotatable bonds is 7. The maximum Gasteiger partial charge on any atom is 0.303 e. The summed E-state index contributed by atoms with van der Waals surface area (Å²) in [7, 11) is -1.97. The van der Waals surface area contributed by atoms with Gasteiger partial charge in [-0.15, -0.1) is 0 Å². The summed E-state index contributed by atoms with van der Waals surface area (Å²) in [5.74, 6) is -0.510. The Labute approximate surface area is 161 Å². The van der Waals surface area contributed by atoms with Crippen molar-refractivity contribution < 1.29 is 23.1 Å². The lowest BCUT2D eigenvalue weighted by Gasteiger charge is -2.34. The smallest absolute Gasteiger partial charge is 0.303 e. The Morgan fingerprint density at radius 2 is 1.70 bits per heavy atom. The van der Waals surface area contributed by atoms with E-state index in [1.54, 1.807) is 7.05 Å². The molecule has 2 rings (SSSR count). The number of aliphatic carboxylic acids is 1. The summed E-state index contributed by atoms with van der Waals surface area (Å²) in [6.45, 7) is 5.47. The molecule has 1 N–H and O–H groups in total. The third-order valence-electron chi connectivity index (χ3n) is 4.81. The van der Waals surface area contributed by atoms with E-state index >= 15 is 0 Å². The molecule has 0 saturated carbocycles. The van der Waals surface area contributed by atoms with Gasteiger partial charge in [0, 0.05) is 38.7 Å². The van der Waals surface area contributed by atoms with Crippen molar-refractivity contribution in [3.8, 4) is 0 Å². The topological polar surface area (TPSA) is 95.0 Å². The van der Waals surface area contributed by atoms with E-state index in [-0.39, 0.29) is 17.2 Å². The van der Waals surface area contributed by atoms with E-state index in [1.165, 1.54) is 33.5 Å². The molecule has 1 saturated heterocycles. The van der Waals surface area contributed by atoms with Crippen molar-refractivity contribution in [1.82, 2.24) is 9.21 Å². The zero-order valence-electron chi connectivity index (χ0n) is 16.1. The lowest BCUT2D eigenvalue weighted by Crippen LogP contribution is -2.42. The second-order valence-electron chi connectivity index (χ2n) is 7.52. The number of hydrogen-bond acceptors (Lipinski definition) is 4. The van der Waals surface area contributed by atoms with Gasteiger partial charge in [0.15, 0.2) is 0 Å². The van der Waals surface area contributed by atoms with Crippen LogP contribution in [0, 0.1) is 11.8 Å². The molecule has 1 aromatic carbocycles. The summed E-state index contributed by atoms with van der Waals surface area (Å²) in [5.41, 5.74) is 0.382. The fourth-order valence-electron chi connectivity index (χ4n) is 3.51. The van der Waals surface area contributed by atoms with Crippen LogP contribution < -0.4 is 0 Å². The average molecular weight is 397 g/mol. The third kappa shape index (κ3) is 5.52. The molecule has 150 valence electrons. The molecule has 1 aromatic rings. The van der Waals surface area contributed by atoms with E-state index in [9.17, 15) is 18.0 Å². The van der Waals surface area contributed by atoms with Crippen LogP contribution >= 0.6 is 0 Å². The number of carbonyl (C=O) groups is 2. The number of carboxylic acid groups (broad SMARTS) is 1. The summed E-state index contributed by atoms with van der Waals surface area (Å²) in [6, 6.07) is 5.97. The molecule has 8 heteroatoms. The number of amides is 1. The second kappa shape index (κ2) is 8.84. The van der Waals surface area contributed by atoms with E-state index in [1.807, 2.05) is 0 Å². The lowest BCUT2D eigenvalue weighted by atomic mass is 9.94. The molecule has 1 aliphatic rings. The largest absolute Gasteiger partial charge is 0.481 e. The van der Waals surface area contributed by atoms with E-state index in [0.29, 0.717) is 43.5 Å². The van der Waals surface area contributed by atoms with Gasteiger partial charge in [-0.3, -0.25) is 9.59 Å². The van der Waals surface area contributed by atoms with Crippen molar-refractivity contribution in [2.45, 2.75) is 38.0 Å². The number of benzene rings is 1. The molecule has 2 unspecified atom stereocenters. The molecule has 0 bridgehead atoms. The van der Waals surface area contributed by atoms with E-state index < -0.39 is 16.0 Å². The summed E-state index contributed by atoms with van der Waals surface area (Å²) in [4.78, 5) is 24.6. The highest BCUT2D eigenvalue weighted by Gasteiger charge is 2.31. The van der Waals surface area contributed by atoms with Crippen LogP contribution in [0.4, 0.5) is 0 Å². The number of nitrogens with zero attached hydrogens (tertiary/aromatic N) is 2. The Balaban J connectivity index is 2.07. The molecule has 0 spiro atoms. The van der Waals surface area contributed by atoms with Crippen LogP contribution in [0.1, 0.15) is 43.5 Å². The summed E-state index contributed by atoms with van der Waals surface area (Å²) >= 11 is 0. The minimum absolute atomic E-state index is 0.00147. The SMILES string of the molecule is CC1CC(C)CN(S(=O)(=O)c2ccc(C(=O)N(C)CCCC(=O)O)cc2)C1. The standard InChI is InChI=1S/C19H28N2O5S/c1-14-11-15(2)13-21(12-14)27(25,26)17-8-6-16(7-9-17)19(24)20(3)10-4-5-18(22)23/h6-9,14-15H,4-5,10-13H2,1-3H3,(H,22,23). The van der Waals surface area contributed by atoms with Crippen LogP contribution in [0.3, 0.4) is 0 Å². The summed E-state index contributed by atoms with van der Waals surface area (Å²) < 4.78 is 27.3. The lowest BCUT2D eigenvalue weighted by molar-refractivity contribution is -0.137. The molecule has 1 aliphatic heterocycles. The van der Waals surface area contributed by atoms with Crippen molar-refractivity contribution in [2.24, 2.45) is 11.8 Å². The molecule has 0 aliphatic carbocycles. The van der Waals surface area contributed by atoms with Crippen molar-refractivity contribution in [3.63, 3.8) is 0 Å². The predicted octanol–water partition coefficient (Wildman–Crippen LogP) is 2.29. The minimum Gasteiger partial charge on any atom is -0.481 e. The van der Waals surface area contributed by atoms with E-state index in [4.69, 9.17) is 5.11 Å². The van der Waals surface area contributed by atoms with Crippen LogP contribution in [-0.2, 0) is 14.8 Å². The molecule has 1 amide bonds. The van der Waals surface area contributed by atoms with Gasteiger partial charge in [-0.1, -0.05) is 13.8 Å². The van der Waals surface area contributed by atoms with Gasteiger partial charge in [-0.2, -0.15) is 4.31 Å². The molecule has 1 fully saturated rings. The van der Waals surface area contributed by atoms with Gasteiger partial charge in [0.2, 0.25) is 10.0 Å². The molecule has 0 aromatic heterocycles. The first-order valence-electron chi connectivity index (χ1n) is 9.18. The van der Waals surface area contributed by atoms with Gasteiger partial charge in [0.05, 0.1) is 4.90 Å². The van der Waals surface area contributed by atoms with Gasteiger partial charge in [0.25, 0.3) is 5.91 Å². The Morgan fingerprint density at radius 3 is 2.22 bits per heavy atom. The zero-order valence-corrected chi connectivity index (χ0v) is 16.9. The molecular formula is C19H28N2O5S. The summed E-state index contributed by atoms with van der Waals surface area (Å²) in [6.07, 6.45) is 1.39. The molecule has 0 radical (unpaired) electrons.